The topological polar surface area (TPSA) is 101 Å². The summed E-state index contributed by atoms with van der Waals surface area (Å²) in [7, 11) is 1.46. The smallest absolute Gasteiger partial charge is 0.316 e. The summed E-state index contributed by atoms with van der Waals surface area (Å²) in [5.41, 5.74) is 1.10. The Kier molecular flexibility index (Phi) is 6.28. The molecule has 9 nitrogen and oxygen atoms in total. The van der Waals surface area contributed by atoms with Gasteiger partial charge >= 0.3 is 6.01 Å². The Morgan fingerprint density at radius 1 is 1.30 bits per heavy atom. The van der Waals surface area contributed by atoms with Gasteiger partial charge in [0.1, 0.15) is 0 Å². The molecule has 0 bridgehead atoms. The van der Waals surface area contributed by atoms with Crippen molar-refractivity contribution in [3.63, 3.8) is 0 Å². The number of amides is 1. The highest BCUT2D eigenvalue weighted by molar-refractivity contribution is 6.13. The van der Waals surface area contributed by atoms with Crippen LogP contribution in [0.1, 0.15) is 31.1 Å². The fourth-order valence-electron chi connectivity index (χ4n) is 4.27. The molecule has 0 radical (unpaired) electrons. The third kappa shape index (κ3) is 4.51. The zero-order chi connectivity index (χ0) is 23.7. The first kappa shape index (κ1) is 22.7. The second-order valence-electron chi connectivity index (χ2n) is 8.25. The normalized spacial score (nSPS) is 18.4. The lowest BCUT2D eigenvalue weighted by atomic mass is 10.0. The number of nitrogens with zero attached hydrogens (tertiary/aromatic N) is 4. The van der Waals surface area contributed by atoms with Crippen LogP contribution in [0.5, 0.6) is 6.01 Å². The van der Waals surface area contributed by atoms with E-state index in [-0.39, 0.29) is 18.2 Å². The van der Waals surface area contributed by atoms with Crippen molar-refractivity contribution in [2.24, 2.45) is 0 Å². The molecule has 33 heavy (non-hydrogen) atoms. The van der Waals surface area contributed by atoms with E-state index in [1.807, 2.05) is 6.07 Å². The number of hydrogen-bond acceptors (Lipinski definition) is 7. The Morgan fingerprint density at radius 3 is 2.70 bits per heavy atom. The average molecular weight is 455 g/mol. The van der Waals surface area contributed by atoms with E-state index in [0.717, 1.165) is 30.2 Å². The number of anilines is 2. The second kappa shape index (κ2) is 9.14. The minimum absolute atomic E-state index is 0.140. The van der Waals surface area contributed by atoms with Crippen LogP contribution in [0.15, 0.2) is 35.4 Å². The van der Waals surface area contributed by atoms with Crippen LogP contribution in [0.4, 0.5) is 15.8 Å². The third-order valence-corrected chi connectivity index (χ3v) is 5.67. The van der Waals surface area contributed by atoms with E-state index < -0.39 is 17.3 Å². The van der Waals surface area contributed by atoms with Crippen LogP contribution < -0.4 is 25.8 Å². The van der Waals surface area contributed by atoms with E-state index in [0.29, 0.717) is 23.2 Å². The van der Waals surface area contributed by atoms with Crippen molar-refractivity contribution in [2.45, 2.75) is 39.4 Å². The third-order valence-electron chi connectivity index (χ3n) is 5.67. The van der Waals surface area contributed by atoms with Crippen LogP contribution in [0, 0.1) is 5.82 Å². The zero-order valence-corrected chi connectivity index (χ0v) is 19.1. The van der Waals surface area contributed by atoms with Crippen molar-refractivity contribution in [2.75, 3.05) is 30.4 Å². The van der Waals surface area contributed by atoms with Gasteiger partial charge in [0, 0.05) is 61.3 Å². The Morgan fingerprint density at radius 2 is 2.03 bits per heavy atom. The maximum Gasteiger partial charge on any atom is 0.316 e. The number of carbonyl (C=O) groups is 1. The molecule has 1 fully saturated rings. The number of hydrogen-bond donors (Lipinski definition) is 2. The quantitative estimate of drug-likeness (QED) is 0.610. The molecule has 0 saturated carbocycles. The number of piperazine rings is 1. The molecular weight excluding hydrogens is 427 g/mol. The molecule has 3 heterocycles. The lowest BCUT2D eigenvalue weighted by Crippen LogP contribution is -2.54. The molecule has 1 aliphatic heterocycles. The summed E-state index contributed by atoms with van der Waals surface area (Å²) in [6.07, 6.45) is 3.07. The van der Waals surface area contributed by atoms with Crippen LogP contribution in [-0.2, 0) is 6.54 Å². The van der Waals surface area contributed by atoms with Gasteiger partial charge in [-0.15, -0.1) is 0 Å². The first-order chi connectivity index (χ1) is 15.8. The van der Waals surface area contributed by atoms with Crippen LogP contribution in [0.3, 0.4) is 0 Å². The summed E-state index contributed by atoms with van der Waals surface area (Å²) >= 11 is 0. The largest absolute Gasteiger partial charge is 0.467 e. The summed E-state index contributed by atoms with van der Waals surface area (Å²) in [4.78, 5) is 35.9. The highest BCUT2D eigenvalue weighted by atomic mass is 19.1. The molecule has 10 heteroatoms. The van der Waals surface area contributed by atoms with E-state index in [4.69, 9.17) is 4.74 Å². The van der Waals surface area contributed by atoms with Gasteiger partial charge in [-0.25, -0.2) is 9.37 Å². The van der Waals surface area contributed by atoms with Crippen LogP contribution in [0.2, 0.25) is 0 Å². The number of halogens is 1. The molecule has 0 unspecified atom stereocenters. The summed E-state index contributed by atoms with van der Waals surface area (Å²) < 4.78 is 20.4. The van der Waals surface area contributed by atoms with Gasteiger partial charge in [-0.3, -0.25) is 9.59 Å². The molecule has 2 aromatic heterocycles. The summed E-state index contributed by atoms with van der Waals surface area (Å²) in [6.45, 7) is 7.86. The number of methoxy groups -OCH3 is 1. The monoisotopic (exact) mass is 454 g/mol. The molecule has 2 N–H and O–H groups in total. The van der Waals surface area contributed by atoms with Gasteiger partial charge in [0.15, 0.2) is 5.82 Å². The maximum absolute atomic E-state index is 14.0. The Balaban J connectivity index is 1.76. The van der Waals surface area contributed by atoms with Crippen molar-refractivity contribution in [1.29, 1.82) is 0 Å². The predicted octanol–water partition coefficient (Wildman–Crippen LogP) is 2.40. The first-order valence-corrected chi connectivity index (χ1v) is 10.9. The number of aromatic nitrogens is 3. The average Bonchev–Trinajstić information content (AvgIpc) is 2.79. The van der Waals surface area contributed by atoms with E-state index in [1.54, 1.807) is 19.2 Å². The number of aryl methyl sites for hydroxylation is 1. The minimum Gasteiger partial charge on any atom is -0.467 e. The minimum atomic E-state index is -0.930. The summed E-state index contributed by atoms with van der Waals surface area (Å²) in [5, 5.41) is 6.91. The molecule has 2 atom stereocenters. The van der Waals surface area contributed by atoms with E-state index >= 15 is 0 Å². The van der Waals surface area contributed by atoms with Gasteiger partial charge < -0.3 is 24.8 Å². The second-order valence-corrected chi connectivity index (χ2v) is 8.25. The number of carbonyl (C=O) groups excluding carboxylic acids is 1. The molecule has 0 aliphatic carbocycles. The van der Waals surface area contributed by atoms with E-state index in [9.17, 15) is 14.0 Å². The number of fused-ring (bicyclic) bond motifs is 1. The van der Waals surface area contributed by atoms with Gasteiger partial charge in [0.05, 0.1) is 23.9 Å². The van der Waals surface area contributed by atoms with Crippen molar-refractivity contribution in [3.05, 3.63) is 52.3 Å². The van der Waals surface area contributed by atoms with E-state index in [2.05, 4.69) is 39.3 Å². The number of nitrogens with one attached hydrogen (secondary N) is 2. The molecule has 0 spiro atoms. The van der Waals surface area contributed by atoms with Gasteiger partial charge in [-0.2, -0.15) is 4.98 Å². The van der Waals surface area contributed by atoms with Gasteiger partial charge in [-0.1, -0.05) is 0 Å². The highest BCUT2D eigenvalue weighted by Gasteiger charge is 2.24. The maximum atomic E-state index is 14.0. The zero-order valence-electron chi connectivity index (χ0n) is 19.1. The molecular formula is C23H27FN6O3. The van der Waals surface area contributed by atoms with Crippen molar-refractivity contribution < 1.29 is 13.9 Å². The molecule has 1 saturated heterocycles. The lowest BCUT2D eigenvalue weighted by Gasteiger charge is -2.38. The van der Waals surface area contributed by atoms with E-state index in [1.165, 1.54) is 17.9 Å². The van der Waals surface area contributed by atoms with Gasteiger partial charge in [-0.05, 0) is 32.9 Å². The summed E-state index contributed by atoms with van der Waals surface area (Å²) in [6, 6.07) is 5.34. The number of pyridine rings is 1. The van der Waals surface area contributed by atoms with Crippen molar-refractivity contribution in [1.82, 2.24) is 19.9 Å². The molecule has 3 aromatic rings. The van der Waals surface area contributed by atoms with Crippen LogP contribution in [0.25, 0.3) is 10.9 Å². The number of rotatable bonds is 5. The standard InChI is InChI=1S/C23H27FN6O3/c1-5-29-12-15(8-18(24)22(29)32)27-21(31)16-6-7-19(30-10-13(2)26-14(3)11-30)17-9-25-23(33-4)28-20(16)17/h6-9,12-14,26H,5,10-11H2,1-4H3,(H,27,31)/t13-,14-/m1/s1. The molecule has 1 aromatic carbocycles. The number of benzene rings is 1. The molecule has 174 valence electrons. The van der Waals surface area contributed by atoms with Crippen LogP contribution in [-0.4, -0.2) is 52.7 Å². The highest BCUT2D eigenvalue weighted by Crippen LogP contribution is 2.31. The SMILES string of the molecule is CCn1cc(NC(=O)c2ccc(N3C[C@@H](C)N[C@H](C)C3)c3cnc(OC)nc23)cc(F)c1=O. The van der Waals surface area contributed by atoms with Crippen LogP contribution >= 0.6 is 0 Å². The molecule has 1 amide bonds. The summed E-state index contributed by atoms with van der Waals surface area (Å²) in [5.74, 6) is -1.41. The number of ether oxygens (including phenoxy) is 1. The fourth-order valence-corrected chi connectivity index (χ4v) is 4.27. The lowest BCUT2D eigenvalue weighted by molar-refractivity contribution is 0.102. The molecule has 4 rings (SSSR count). The van der Waals surface area contributed by atoms with Crippen molar-refractivity contribution in [3.8, 4) is 6.01 Å². The Bertz CT molecular complexity index is 1250. The predicted molar refractivity (Wildman–Crippen MR) is 125 cm³/mol. The molecule has 1 aliphatic rings. The van der Waals surface area contributed by atoms with Gasteiger partial charge in [0.25, 0.3) is 11.5 Å². The Hall–Kier alpha value is -3.53. The fraction of sp³-hybridized carbons (Fsp3) is 0.391. The Labute approximate surface area is 190 Å². The first-order valence-electron chi connectivity index (χ1n) is 10.9. The van der Waals surface area contributed by atoms with Gasteiger partial charge in [0.2, 0.25) is 0 Å². The van der Waals surface area contributed by atoms with Crippen molar-refractivity contribution >= 4 is 28.2 Å².